The van der Waals surface area contributed by atoms with E-state index in [2.05, 4.69) is 15.2 Å². The highest BCUT2D eigenvalue weighted by molar-refractivity contribution is 7.89. The minimum Gasteiger partial charge on any atom is -0.322 e. The van der Waals surface area contributed by atoms with Crippen LogP contribution in [-0.2, 0) is 10.0 Å². The average Bonchev–Trinajstić information content (AvgIpc) is 2.73. The highest BCUT2D eigenvalue weighted by Gasteiger charge is 2.13. The van der Waals surface area contributed by atoms with Crippen molar-refractivity contribution < 1.29 is 13.2 Å². The van der Waals surface area contributed by atoms with Gasteiger partial charge in [0.1, 0.15) is 0 Å². The lowest BCUT2D eigenvalue weighted by atomic mass is 10.1. The maximum Gasteiger partial charge on any atom is 0.276 e. The number of hydrogen-bond donors (Lipinski definition) is 2. The van der Waals surface area contributed by atoms with Crippen LogP contribution in [0.4, 0.5) is 5.69 Å². The molecule has 0 aliphatic heterocycles. The normalized spacial score (nSPS) is 11.8. The number of rotatable bonds is 6. The van der Waals surface area contributed by atoms with Crippen LogP contribution in [0.15, 0.2) is 82.8 Å². The Bertz CT molecular complexity index is 1200. The van der Waals surface area contributed by atoms with Gasteiger partial charge < -0.3 is 5.32 Å². The first-order chi connectivity index (χ1) is 14.3. The molecule has 0 fully saturated rings. The average molecular weight is 462 g/mol. The molecule has 2 N–H and O–H groups in total. The fraction of sp³-hybridized carbons (Fsp3) is 0.0476. The van der Waals surface area contributed by atoms with Crippen molar-refractivity contribution in [3.63, 3.8) is 0 Å². The molecule has 1 amide bonds. The molecule has 3 rings (SSSR count). The molecular formula is C21H17Cl2N3O3S. The first-order valence-corrected chi connectivity index (χ1v) is 11.0. The highest BCUT2D eigenvalue weighted by atomic mass is 35.5. The largest absolute Gasteiger partial charge is 0.322 e. The van der Waals surface area contributed by atoms with Gasteiger partial charge in [0.15, 0.2) is 0 Å². The number of carbonyl (C=O) groups is 1. The number of carbonyl (C=O) groups excluding carboxylic acids is 1. The Labute approximate surface area is 184 Å². The Balaban J connectivity index is 1.69. The van der Waals surface area contributed by atoms with E-state index in [1.165, 1.54) is 18.2 Å². The summed E-state index contributed by atoms with van der Waals surface area (Å²) in [5.74, 6) is -0.370. The van der Waals surface area contributed by atoms with Gasteiger partial charge in [0.25, 0.3) is 15.9 Å². The second kappa shape index (κ2) is 9.30. The number of hydrogen-bond acceptors (Lipinski definition) is 4. The van der Waals surface area contributed by atoms with E-state index in [0.29, 0.717) is 27.5 Å². The van der Waals surface area contributed by atoms with Crippen LogP contribution in [0.3, 0.4) is 0 Å². The fourth-order valence-corrected chi connectivity index (χ4v) is 3.88. The zero-order valence-electron chi connectivity index (χ0n) is 15.8. The number of anilines is 1. The summed E-state index contributed by atoms with van der Waals surface area (Å²) in [4.78, 5) is 14.7. The smallest absolute Gasteiger partial charge is 0.276 e. The number of hydrazone groups is 1. The molecule has 9 heteroatoms. The van der Waals surface area contributed by atoms with Crippen molar-refractivity contribution in [1.29, 1.82) is 0 Å². The molecule has 0 aliphatic carbocycles. The van der Waals surface area contributed by atoms with Gasteiger partial charge in [0.2, 0.25) is 0 Å². The summed E-state index contributed by atoms with van der Waals surface area (Å²) in [6, 6.07) is 19.4. The van der Waals surface area contributed by atoms with Gasteiger partial charge in [-0.2, -0.15) is 18.4 Å². The monoisotopic (exact) mass is 461 g/mol. The van der Waals surface area contributed by atoms with E-state index in [9.17, 15) is 13.2 Å². The topological polar surface area (TPSA) is 87.6 Å². The van der Waals surface area contributed by atoms with E-state index in [1.54, 1.807) is 61.5 Å². The summed E-state index contributed by atoms with van der Waals surface area (Å²) < 4.78 is 24.5. The van der Waals surface area contributed by atoms with Crippen LogP contribution < -0.4 is 10.1 Å². The summed E-state index contributed by atoms with van der Waals surface area (Å²) in [7, 11) is -3.74. The quantitative estimate of drug-likeness (QED) is 0.402. The van der Waals surface area contributed by atoms with Crippen LogP contribution in [0.2, 0.25) is 10.0 Å². The minimum absolute atomic E-state index is 0.125. The third-order valence-corrected chi connectivity index (χ3v) is 5.90. The Morgan fingerprint density at radius 2 is 1.60 bits per heavy atom. The predicted molar refractivity (Wildman–Crippen MR) is 120 cm³/mol. The van der Waals surface area contributed by atoms with Crippen molar-refractivity contribution in [1.82, 2.24) is 4.83 Å². The van der Waals surface area contributed by atoms with Crippen LogP contribution >= 0.6 is 23.2 Å². The third kappa shape index (κ3) is 5.38. The Morgan fingerprint density at radius 3 is 2.23 bits per heavy atom. The van der Waals surface area contributed by atoms with E-state index < -0.39 is 10.0 Å². The summed E-state index contributed by atoms with van der Waals surface area (Å²) >= 11 is 11.9. The molecule has 3 aromatic rings. The molecule has 0 aromatic heterocycles. The molecule has 3 aromatic carbocycles. The van der Waals surface area contributed by atoms with Gasteiger partial charge in [-0.25, -0.2) is 0 Å². The molecule has 0 bridgehead atoms. The zero-order chi connectivity index (χ0) is 21.7. The Kier molecular flexibility index (Phi) is 6.77. The van der Waals surface area contributed by atoms with Crippen molar-refractivity contribution in [2.45, 2.75) is 11.8 Å². The van der Waals surface area contributed by atoms with E-state index >= 15 is 0 Å². The standard InChI is InChI=1S/C21H17Cl2N3O3S/c1-14(25-26-30(28,29)18-5-3-2-4-6-18)15-7-10-17(11-8-15)24-21(27)19-12-9-16(22)13-20(19)23/h2-13,26H,1H3,(H,24,27). The van der Waals surface area contributed by atoms with E-state index in [1.807, 2.05) is 0 Å². The molecule has 0 spiro atoms. The Hall–Kier alpha value is -2.87. The summed E-state index contributed by atoms with van der Waals surface area (Å²) in [5.41, 5.74) is 2.01. The van der Waals surface area contributed by atoms with Gasteiger partial charge in [-0.15, -0.1) is 0 Å². The van der Waals surface area contributed by atoms with Crippen molar-refractivity contribution in [3.8, 4) is 0 Å². The van der Waals surface area contributed by atoms with Crippen LogP contribution in [-0.4, -0.2) is 20.0 Å². The van der Waals surface area contributed by atoms with Gasteiger partial charge in [-0.1, -0.05) is 53.5 Å². The first kappa shape index (κ1) is 21.8. The van der Waals surface area contributed by atoms with Crippen LogP contribution in [0.5, 0.6) is 0 Å². The van der Waals surface area contributed by atoms with Gasteiger partial charge in [0.05, 0.1) is 21.2 Å². The summed E-state index contributed by atoms with van der Waals surface area (Å²) in [6.45, 7) is 1.68. The second-order valence-corrected chi connectivity index (χ2v) is 8.77. The minimum atomic E-state index is -3.74. The number of benzene rings is 3. The maximum atomic E-state index is 12.4. The van der Waals surface area contributed by atoms with Crippen LogP contribution in [0.1, 0.15) is 22.8 Å². The van der Waals surface area contributed by atoms with Gasteiger partial charge >= 0.3 is 0 Å². The number of amides is 1. The van der Waals surface area contributed by atoms with Crippen molar-refractivity contribution in [2.75, 3.05) is 5.32 Å². The maximum absolute atomic E-state index is 12.4. The third-order valence-electron chi connectivity index (χ3n) is 4.12. The second-order valence-electron chi connectivity index (χ2n) is 6.26. The molecule has 6 nitrogen and oxygen atoms in total. The van der Waals surface area contributed by atoms with Crippen LogP contribution in [0, 0.1) is 0 Å². The molecule has 0 aliphatic rings. The molecule has 0 saturated carbocycles. The van der Waals surface area contributed by atoms with Gasteiger partial charge in [-0.3, -0.25) is 4.79 Å². The lowest BCUT2D eigenvalue weighted by Gasteiger charge is -2.09. The fourth-order valence-electron chi connectivity index (χ4n) is 2.51. The van der Waals surface area contributed by atoms with Crippen LogP contribution in [0.25, 0.3) is 0 Å². The lowest BCUT2D eigenvalue weighted by Crippen LogP contribution is -2.19. The number of halogens is 2. The number of nitrogens with one attached hydrogen (secondary N) is 2. The summed E-state index contributed by atoms with van der Waals surface area (Å²) in [6.07, 6.45) is 0. The molecule has 0 heterocycles. The Morgan fingerprint density at radius 1 is 0.933 bits per heavy atom. The van der Waals surface area contributed by atoms with E-state index in [-0.39, 0.29) is 15.8 Å². The predicted octanol–water partition coefficient (Wildman–Crippen LogP) is 4.95. The molecule has 0 radical (unpaired) electrons. The van der Waals surface area contributed by atoms with Crippen molar-refractivity contribution >= 4 is 50.5 Å². The number of nitrogens with zero attached hydrogens (tertiary/aromatic N) is 1. The van der Waals surface area contributed by atoms with E-state index in [4.69, 9.17) is 23.2 Å². The van der Waals surface area contributed by atoms with Crippen molar-refractivity contribution in [2.24, 2.45) is 5.10 Å². The summed E-state index contributed by atoms with van der Waals surface area (Å²) in [5, 5.41) is 7.40. The first-order valence-electron chi connectivity index (χ1n) is 8.74. The molecule has 0 unspecified atom stereocenters. The zero-order valence-corrected chi connectivity index (χ0v) is 18.1. The van der Waals surface area contributed by atoms with E-state index in [0.717, 1.165) is 0 Å². The van der Waals surface area contributed by atoms with Crippen molar-refractivity contribution in [3.05, 3.63) is 94.0 Å². The molecule has 154 valence electrons. The molecule has 30 heavy (non-hydrogen) atoms. The lowest BCUT2D eigenvalue weighted by molar-refractivity contribution is 0.102. The van der Waals surface area contributed by atoms with Gasteiger partial charge in [-0.05, 0) is 55.0 Å². The number of sulfonamides is 1. The molecule has 0 saturated heterocycles. The van der Waals surface area contributed by atoms with Gasteiger partial charge in [0, 0.05) is 10.7 Å². The molecule has 0 atom stereocenters. The SMILES string of the molecule is CC(=NNS(=O)(=O)c1ccccc1)c1ccc(NC(=O)c2ccc(Cl)cc2Cl)cc1. The highest BCUT2D eigenvalue weighted by Crippen LogP contribution is 2.22. The molecular weight excluding hydrogens is 445 g/mol.